The van der Waals surface area contributed by atoms with Gasteiger partial charge in [-0.25, -0.2) is 14.7 Å². The zero-order valence-electron chi connectivity index (χ0n) is 12.0. The lowest BCUT2D eigenvalue weighted by Gasteiger charge is -2.21. The summed E-state index contributed by atoms with van der Waals surface area (Å²) in [4.78, 5) is 22.2. The molecular weight excluding hydrogens is 300 g/mol. The summed E-state index contributed by atoms with van der Waals surface area (Å²) in [5, 5.41) is 3.30. The number of halogens is 1. The number of anilines is 2. The summed E-state index contributed by atoms with van der Waals surface area (Å²) in [5.41, 5.74) is 0.581. The van der Waals surface area contributed by atoms with Crippen molar-refractivity contribution in [2.75, 3.05) is 17.3 Å². The lowest BCUT2D eigenvalue weighted by atomic mass is 10.3. The fraction of sp³-hybridized carbons (Fsp3) is 0.0625. The molecule has 0 saturated heterocycles. The molecule has 22 heavy (non-hydrogen) atoms. The normalized spacial score (nSPS) is 10.9. The smallest absolute Gasteiger partial charge is 0.307 e. The van der Waals surface area contributed by atoms with E-state index in [1.807, 2.05) is 0 Å². The average Bonchev–Trinajstić information content (AvgIpc) is 2.53. The van der Waals surface area contributed by atoms with Crippen LogP contribution in [0.1, 0.15) is 0 Å². The first kappa shape index (κ1) is 15.7. The molecule has 0 saturated carbocycles. The summed E-state index contributed by atoms with van der Waals surface area (Å²) >= 11 is 5.92. The quantitative estimate of drug-likeness (QED) is 0.688. The number of rotatable bonds is 3. The highest BCUT2D eigenvalue weighted by Crippen LogP contribution is 2.17. The minimum atomic E-state index is -0.401. The van der Waals surface area contributed by atoms with Crippen molar-refractivity contribution in [2.24, 2.45) is 4.99 Å². The predicted molar refractivity (Wildman–Crippen MR) is 90.7 cm³/mol. The number of benzene rings is 1. The summed E-state index contributed by atoms with van der Waals surface area (Å²) in [6.07, 6.45) is 3.09. The lowest BCUT2D eigenvalue weighted by molar-refractivity contribution is 0.259. The second-order valence-electron chi connectivity index (χ2n) is 4.25. The van der Waals surface area contributed by atoms with E-state index in [1.54, 1.807) is 55.7 Å². The van der Waals surface area contributed by atoms with Crippen LogP contribution in [0.3, 0.4) is 0 Å². The molecule has 0 radical (unpaired) electrons. The standard InChI is InChI=1S/C16H15ClN4O/c1-3-14(18-2)21(15-9-4-5-10-19-15)16(22)20-13-8-6-7-12(17)11-13/h3-11H,1H2,2H3,(H,20,22). The molecule has 1 aromatic heterocycles. The Bertz CT molecular complexity index is 700. The number of aromatic nitrogens is 1. The van der Waals surface area contributed by atoms with Crippen molar-refractivity contribution in [3.63, 3.8) is 0 Å². The number of hydrogen-bond acceptors (Lipinski definition) is 3. The summed E-state index contributed by atoms with van der Waals surface area (Å²) in [5.74, 6) is 0.834. The Morgan fingerprint density at radius 3 is 2.77 bits per heavy atom. The van der Waals surface area contributed by atoms with Gasteiger partial charge in [-0.2, -0.15) is 0 Å². The van der Waals surface area contributed by atoms with Gasteiger partial charge in [-0.3, -0.25) is 4.99 Å². The zero-order valence-corrected chi connectivity index (χ0v) is 12.8. The van der Waals surface area contributed by atoms with Crippen LogP contribution in [-0.4, -0.2) is 23.9 Å². The molecule has 0 atom stereocenters. The first-order valence-electron chi connectivity index (χ1n) is 6.52. The van der Waals surface area contributed by atoms with Gasteiger partial charge in [0.25, 0.3) is 0 Å². The minimum Gasteiger partial charge on any atom is -0.307 e. The summed E-state index contributed by atoms with van der Waals surface area (Å²) < 4.78 is 0. The number of amides is 2. The lowest BCUT2D eigenvalue weighted by Crippen LogP contribution is -2.39. The molecule has 1 N–H and O–H groups in total. The Morgan fingerprint density at radius 2 is 2.18 bits per heavy atom. The van der Waals surface area contributed by atoms with Gasteiger partial charge in [0, 0.05) is 24.0 Å². The van der Waals surface area contributed by atoms with Gasteiger partial charge in [-0.05, 0) is 36.4 Å². The van der Waals surface area contributed by atoms with Gasteiger partial charge in [0.2, 0.25) is 0 Å². The van der Waals surface area contributed by atoms with Gasteiger partial charge >= 0.3 is 6.03 Å². The highest BCUT2D eigenvalue weighted by molar-refractivity contribution is 6.31. The fourth-order valence-corrected chi connectivity index (χ4v) is 2.03. The van der Waals surface area contributed by atoms with Crippen LogP contribution >= 0.6 is 11.6 Å². The number of nitrogens with one attached hydrogen (secondary N) is 1. The zero-order chi connectivity index (χ0) is 15.9. The largest absolute Gasteiger partial charge is 0.333 e. The van der Waals surface area contributed by atoms with Crippen LogP contribution in [0.4, 0.5) is 16.3 Å². The molecule has 112 valence electrons. The second kappa shape index (κ2) is 7.38. The maximum atomic E-state index is 12.6. The Kier molecular flexibility index (Phi) is 5.27. The average molecular weight is 315 g/mol. The van der Waals surface area contributed by atoms with Gasteiger partial charge in [-0.15, -0.1) is 0 Å². The summed E-state index contributed by atoms with van der Waals surface area (Å²) in [6, 6.07) is 11.8. The van der Waals surface area contributed by atoms with Gasteiger partial charge in [0.15, 0.2) is 0 Å². The van der Waals surface area contributed by atoms with Crippen molar-refractivity contribution in [3.05, 3.63) is 66.3 Å². The van der Waals surface area contributed by atoms with E-state index in [9.17, 15) is 4.79 Å². The third-order valence-electron chi connectivity index (χ3n) is 2.80. The Hall–Kier alpha value is -2.66. The van der Waals surface area contributed by atoms with Crippen LogP contribution in [0.2, 0.25) is 5.02 Å². The van der Waals surface area contributed by atoms with Crippen LogP contribution < -0.4 is 10.2 Å². The third-order valence-corrected chi connectivity index (χ3v) is 3.03. The van der Waals surface area contributed by atoms with Crippen LogP contribution in [0, 0.1) is 0 Å². The van der Waals surface area contributed by atoms with E-state index in [4.69, 9.17) is 11.6 Å². The SMILES string of the molecule is C=CC(=NC)N(C(=O)Nc1cccc(Cl)c1)c1ccccn1. The van der Waals surface area contributed by atoms with Crippen molar-refractivity contribution >= 4 is 35.0 Å². The van der Waals surface area contributed by atoms with Crippen molar-refractivity contribution < 1.29 is 4.79 Å². The number of amidine groups is 1. The molecule has 2 amide bonds. The highest BCUT2D eigenvalue weighted by atomic mass is 35.5. The summed E-state index contributed by atoms with van der Waals surface area (Å²) in [6.45, 7) is 3.68. The second-order valence-corrected chi connectivity index (χ2v) is 4.69. The topological polar surface area (TPSA) is 57.6 Å². The summed E-state index contributed by atoms with van der Waals surface area (Å²) in [7, 11) is 1.58. The molecule has 0 fully saturated rings. The number of carbonyl (C=O) groups excluding carboxylic acids is 1. The monoisotopic (exact) mass is 314 g/mol. The van der Waals surface area contributed by atoms with Gasteiger partial charge in [0.1, 0.15) is 11.7 Å². The van der Waals surface area contributed by atoms with Gasteiger partial charge < -0.3 is 5.32 Å². The van der Waals surface area contributed by atoms with Crippen molar-refractivity contribution in [1.82, 2.24) is 4.98 Å². The number of hydrogen-bond donors (Lipinski definition) is 1. The third kappa shape index (κ3) is 3.71. The van der Waals surface area contributed by atoms with Gasteiger partial charge in [-0.1, -0.05) is 30.3 Å². The molecule has 2 rings (SSSR count). The predicted octanol–water partition coefficient (Wildman–Crippen LogP) is 3.99. The van der Waals surface area contributed by atoms with Crippen LogP contribution in [0.15, 0.2) is 66.3 Å². The first-order chi connectivity index (χ1) is 10.7. The molecule has 0 aliphatic rings. The number of carbonyl (C=O) groups is 1. The van der Waals surface area contributed by atoms with Crippen LogP contribution in [0.25, 0.3) is 0 Å². The number of pyridine rings is 1. The Labute approximate surface area is 134 Å². The number of urea groups is 1. The number of aliphatic imine (C=N–C) groups is 1. The minimum absolute atomic E-state index is 0.387. The molecule has 0 bridgehead atoms. The molecule has 2 aromatic rings. The van der Waals surface area contributed by atoms with Crippen molar-refractivity contribution in [2.45, 2.75) is 0 Å². The molecule has 0 spiro atoms. The van der Waals surface area contributed by atoms with E-state index < -0.39 is 6.03 Å². The van der Waals surface area contributed by atoms with E-state index >= 15 is 0 Å². The van der Waals surface area contributed by atoms with Gasteiger partial charge in [0.05, 0.1) is 0 Å². The molecule has 6 heteroatoms. The molecule has 5 nitrogen and oxygen atoms in total. The van der Waals surface area contributed by atoms with E-state index in [2.05, 4.69) is 21.9 Å². The maximum Gasteiger partial charge on any atom is 0.333 e. The molecule has 1 aromatic carbocycles. The maximum absolute atomic E-state index is 12.6. The van der Waals surface area contributed by atoms with Crippen molar-refractivity contribution in [1.29, 1.82) is 0 Å². The molecular formula is C16H15ClN4O. The molecule has 0 unspecified atom stereocenters. The molecule has 0 aliphatic carbocycles. The highest BCUT2D eigenvalue weighted by Gasteiger charge is 2.20. The Balaban J connectivity index is 2.33. The van der Waals surface area contributed by atoms with Crippen molar-refractivity contribution in [3.8, 4) is 0 Å². The number of nitrogens with zero attached hydrogens (tertiary/aromatic N) is 3. The van der Waals surface area contributed by atoms with E-state index in [1.165, 1.54) is 11.0 Å². The van der Waals surface area contributed by atoms with E-state index in [0.717, 1.165) is 0 Å². The fourth-order valence-electron chi connectivity index (χ4n) is 1.84. The van der Waals surface area contributed by atoms with E-state index in [-0.39, 0.29) is 0 Å². The van der Waals surface area contributed by atoms with Crippen LogP contribution in [-0.2, 0) is 0 Å². The van der Waals surface area contributed by atoms with Crippen LogP contribution in [0.5, 0.6) is 0 Å². The van der Waals surface area contributed by atoms with E-state index in [0.29, 0.717) is 22.4 Å². The Morgan fingerprint density at radius 1 is 1.36 bits per heavy atom. The molecule has 0 aliphatic heterocycles. The molecule has 1 heterocycles. The first-order valence-corrected chi connectivity index (χ1v) is 6.90.